The molecule has 0 unspecified atom stereocenters. The zero-order chi connectivity index (χ0) is 20.0. The van der Waals surface area contributed by atoms with Crippen LogP contribution in [0.25, 0.3) is 0 Å². The van der Waals surface area contributed by atoms with E-state index < -0.39 is 11.6 Å². The van der Waals surface area contributed by atoms with Gasteiger partial charge in [0.1, 0.15) is 12.2 Å². The summed E-state index contributed by atoms with van der Waals surface area (Å²) < 4.78 is 26.1. The van der Waals surface area contributed by atoms with Crippen LogP contribution in [0.3, 0.4) is 0 Å². The molecule has 0 aliphatic carbocycles. The van der Waals surface area contributed by atoms with Gasteiger partial charge in [-0.05, 0) is 27.7 Å². The first-order chi connectivity index (χ1) is 12.1. The lowest BCUT2D eigenvalue weighted by Gasteiger charge is -2.24. The van der Waals surface area contributed by atoms with Crippen LogP contribution >= 0.6 is 0 Å². The molecular formula is C18H33NO7. The number of amides is 1. The van der Waals surface area contributed by atoms with E-state index in [-0.39, 0.29) is 12.7 Å². The third-order valence-electron chi connectivity index (χ3n) is 2.83. The molecular weight excluding hydrogens is 342 g/mol. The van der Waals surface area contributed by atoms with Crippen molar-refractivity contribution in [2.24, 2.45) is 0 Å². The SMILES string of the molecule is C=C(C)C(=O)OCCOCCOCCOCCN(C)C(=O)OC(C)(C)C. The van der Waals surface area contributed by atoms with Crippen molar-refractivity contribution in [1.29, 1.82) is 0 Å². The lowest BCUT2D eigenvalue weighted by atomic mass is 10.2. The van der Waals surface area contributed by atoms with Gasteiger partial charge in [-0.25, -0.2) is 9.59 Å². The molecule has 0 rings (SSSR count). The standard InChI is InChI=1S/C18H33NO7/c1-15(2)16(20)25-14-13-24-12-11-23-10-9-22-8-7-19(6)17(21)26-18(3,4)5/h1,7-14H2,2-6H3. The van der Waals surface area contributed by atoms with Crippen molar-refractivity contribution >= 4 is 12.1 Å². The summed E-state index contributed by atoms with van der Waals surface area (Å²) in [5.41, 5.74) is -0.139. The number of hydrogen-bond donors (Lipinski definition) is 0. The minimum atomic E-state index is -0.506. The maximum atomic E-state index is 11.7. The number of nitrogens with zero attached hydrogens (tertiary/aromatic N) is 1. The second-order valence-corrected chi connectivity index (χ2v) is 6.66. The monoisotopic (exact) mass is 375 g/mol. The van der Waals surface area contributed by atoms with Gasteiger partial charge in [0.15, 0.2) is 0 Å². The quantitative estimate of drug-likeness (QED) is 0.277. The van der Waals surface area contributed by atoms with Crippen LogP contribution in [-0.4, -0.2) is 82.4 Å². The highest BCUT2D eigenvalue weighted by Gasteiger charge is 2.19. The van der Waals surface area contributed by atoms with Gasteiger partial charge in [0.05, 0.1) is 39.6 Å². The van der Waals surface area contributed by atoms with E-state index in [2.05, 4.69) is 6.58 Å². The molecule has 0 atom stereocenters. The topological polar surface area (TPSA) is 83.5 Å². The van der Waals surface area contributed by atoms with Crippen molar-refractivity contribution in [3.63, 3.8) is 0 Å². The first-order valence-electron chi connectivity index (χ1n) is 8.63. The van der Waals surface area contributed by atoms with E-state index in [1.807, 2.05) is 20.8 Å². The molecule has 8 heteroatoms. The Balaban J connectivity index is 3.40. The van der Waals surface area contributed by atoms with E-state index in [1.165, 1.54) is 4.90 Å². The van der Waals surface area contributed by atoms with Gasteiger partial charge in [0.25, 0.3) is 0 Å². The molecule has 0 N–H and O–H groups in total. The minimum Gasteiger partial charge on any atom is -0.460 e. The molecule has 152 valence electrons. The van der Waals surface area contributed by atoms with Crippen LogP contribution in [0.4, 0.5) is 4.79 Å². The average molecular weight is 375 g/mol. The molecule has 0 radical (unpaired) electrons. The molecule has 0 spiro atoms. The Hall–Kier alpha value is -1.64. The highest BCUT2D eigenvalue weighted by Crippen LogP contribution is 2.08. The first-order valence-corrected chi connectivity index (χ1v) is 8.63. The molecule has 0 aromatic carbocycles. The molecule has 0 fully saturated rings. The van der Waals surface area contributed by atoms with Crippen molar-refractivity contribution in [1.82, 2.24) is 4.90 Å². The summed E-state index contributed by atoms with van der Waals surface area (Å²) in [6.07, 6.45) is -0.372. The normalized spacial score (nSPS) is 11.1. The molecule has 8 nitrogen and oxygen atoms in total. The highest BCUT2D eigenvalue weighted by atomic mass is 16.6. The Labute approximate surface area is 156 Å². The lowest BCUT2D eigenvalue weighted by Crippen LogP contribution is -2.36. The van der Waals surface area contributed by atoms with Gasteiger partial charge in [-0.1, -0.05) is 6.58 Å². The van der Waals surface area contributed by atoms with Crippen molar-refractivity contribution in [2.45, 2.75) is 33.3 Å². The molecule has 0 aliphatic rings. The fourth-order valence-corrected chi connectivity index (χ4v) is 1.49. The van der Waals surface area contributed by atoms with Gasteiger partial charge in [0, 0.05) is 19.2 Å². The predicted octanol–water partition coefficient (Wildman–Crippen LogP) is 2.02. The lowest BCUT2D eigenvalue weighted by molar-refractivity contribution is -0.140. The fraction of sp³-hybridized carbons (Fsp3) is 0.778. The second kappa shape index (κ2) is 13.5. The second-order valence-electron chi connectivity index (χ2n) is 6.66. The van der Waals surface area contributed by atoms with Crippen LogP contribution in [0.5, 0.6) is 0 Å². The van der Waals surface area contributed by atoms with Crippen LogP contribution in [0, 0.1) is 0 Å². The number of ether oxygens (including phenoxy) is 5. The number of esters is 1. The third-order valence-corrected chi connectivity index (χ3v) is 2.83. The van der Waals surface area contributed by atoms with Crippen molar-refractivity contribution < 1.29 is 33.3 Å². The van der Waals surface area contributed by atoms with E-state index in [0.29, 0.717) is 51.8 Å². The summed E-state index contributed by atoms with van der Waals surface area (Å²) in [5, 5.41) is 0. The van der Waals surface area contributed by atoms with Gasteiger partial charge in [-0.3, -0.25) is 0 Å². The third kappa shape index (κ3) is 14.7. The number of likely N-dealkylation sites (N-methyl/N-ethyl adjacent to an activating group) is 1. The predicted molar refractivity (Wildman–Crippen MR) is 97.1 cm³/mol. The number of carbonyl (C=O) groups is 2. The van der Waals surface area contributed by atoms with E-state index in [0.717, 1.165) is 0 Å². The summed E-state index contributed by atoms with van der Waals surface area (Å²) in [4.78, 5) is 24.3. The maximum Gasteiger partial charge on any atom is 0.410 e. The number of hydrogen-bond acceptors (Lipinski definition) is 7. The summed E-state index contributed by atoms with van der Waals surface area (Å²) in [6.45, 7) is 13.6. The maximum absolute atomic E-state index is 11.7. The van der Waals surface area contributed by atoms with Crippen LogP contribution in [0.15, 0.2) is 12.2 Å². The fourth-order valence-electron chi connectivity index (χ4n) is 1.49. The van der Waals surface area contributed by atoms with Gasteiger partial charge < -0.3 is 28.6 Å². The summed E-state index contributed by atoms with van der Waals surface area (Å²) in [5.74, 6) is -0.417. The molecule has 0 aliphatic heterocycles. The Morgan fingerprint density at radius 3 is 1.81 bits per heavy atom. The Kier molecular flexibility index (Phi) is 12.7. The zero-order valence-corrected chi connectivity index (χ0v) is 16.7. The van der Waals surface area contributed by atoms with Crippen LogP contribution in [0.1, 0.15) is 27.7 Å². The molecule has 0 heterocycles. The van der Waals surface area contributed by atoms with E-state index in [1.54, 1.807) is 14.0 Å². The van der Waals surface area contributed by atoms with E-state index in [9.17, 15) is 9.59 Å². The Morgan fingerprint density at radius 1 is 0.885 bits per heavy atom. The van der Waals surface area contributed by atoms with Gasteiger partial charge >= 0.3 is 12.1 Å². The first kappa shape index (κ1) is 24.4. The molecule has 0 bridgehead atoms. The highest BCUT2D eigenvalue weighted by molar-refractivity contribution is 5.86. The van der Waals surface area contributed by atoms with Gasteiger partial charge in [-0.2, -0.15) is 0 Å². The number of carbonyl (C=O) groups excluding carboxylic acids is 2. The average Bonchev–Trinajstić information content (AvgIpc) is 2.53. The molecule has 0 saturated heterocycles. The van der Waals surface area contributed by atoms with Crippen molar-refractivity contribution in [3.8, 4) is 0 Å². The van der Waals surface area contributed by atoms with Crippen LogP contribution < -0.4 is 0 Å². The molecule has 0 aromatic rings. The Bertz CT molecular complexity index is 432. The molecule has 0 aromatic heterocycles. The summed E-state index contributed by atoms with van der Waals surface area (Å²) >= 11 is 0. The van der Waals surface area contributed by atoms with Gasteiger partial charge in [-0.15, -0.1) is 0 Å². The largest absolute Gasteiger partial charge is 0.460 e. The zero-order valence-electron chi connectivity index (χ0n) is 16.7. The smallest absolute Gasteiger partial charge is 0.410 e. The molecule has 1 amide bonds. The minimum absolute atomic E-state index is 0.194. The van der Waals surface area contributed by atoms with Gasteiger partial charge in [0.2, 0.25) is 0 Å². The Morgan fingerprint density at radius 2 is 1.35 bits per heavy atom. The summed E-state index contributed by atoms with van der Waals surface area (Å²) in [6, 6.07) is 0. The summed E-state index contributed by atoms with van der Waals surface area (Å²) in [7, 11) is 1.67. The molecule has 0 saturated carbocycles. The van der Waals surface area contributed by atoms with E-state index >= 15 is 0 Å². The van der Waals surface area contributed by atoms with E-state index in [4.69, 9.17) is 23.7 Å². The van der Waals surface area contributed by atoms with Crippen LogP contribution in [0.2, 0.25) is 0 Å². The molecule has 26 heavy (non-hydrogen) atoms. The van der Waals surface area contributed by atoms with Crippen LogP contribution in [-0.2, 0) is 28.5 Å². The van der Waals surface area contributed by atoms with Crippen molar-refractivity contribution in [2.75, 3.05) is 59.8 Å². The van der Waals surface area contributed by atoms with Crippen molar-refractivity contribution in [3.05, 3.63) is 12.2 Å². The number of rotatable bonds is 13.